The van der Waals surface area contributed by atoms with Gasteiger partial charge in [-0.1, -0.05) is 32.0 Å². The monoisotopic (exact) mass is 271 g/mol. The third kappa shape index (κ3) is 2.99. The minimum absolute atomic E-state index is 0.351. The van der Waals surface area contributed by atoms with E-state index in [0.717, 1.165) is 11.3 Å². The molecule has 3 heteroatoms. The van der Waals surface area contributed by atoms with Crippen molar-refractivity contribution in [3.05, 3.63) is 59.9 Å². The van der Waals surface area contributed by atoms with Crippen LogP contribution in [0.4, 0.5) is 0 Å². The molecule has 0 bridgehead atoms. The second-order valence-corrected chi connectivity index (χ2v) is 5.40. The van der Waals surface area contributed by atoms with Gasteiger partial charge in [0.1, 0.15) is 11.4 Å². The van der Waals surface area contributed by atoms with Gasteiger partial charge in [-0.2, -0.15) is 0 Å². The van der Waals surface area contributed by atoms with E-state index < -0.39 is 5.60 Å². The molecule has 0 amide bonds. The van der Waals surface area contributed by atoms with Gasteiger partial charge in [0.25, 0.3) is 0 Å². The fraction of sp³-hybridized carbons (Fsp3) is 0.353. The number of pyridine rings is 1. The molecule has 0 spiro atoms. The summed E-state index contributed by atoms with van der Waals surface area (Å²) >= 11 is 0. The van der Waals surface area contributed by atoms with Crippen molar-refractivity contribution in [2.24, 2.45) is 5.92 Å². The highest BCUT2D eigenvalue weighted by atomic mass is 16.5. The Morgan fingerprint density at radius 3 is 2.35 bits per heavy atom. The van der Waals surface area contributed by atoms with Crippen LogP contribution in [0.1, 0.15) is 31.5 Å². The van der Waals surface area contributed by atoms with Gasteiger partial charge in [0.15, 0.2) is 0 Å². The fourth-order valence-corrected chi connectivity index (χ4v) is 2.44. The summed E-state index contributed by atoms with van der Waals surface area (Å²) in [6.45, 7) is 4.19. The summed E-state index contributed by atoms with van der Waals surface area (Å²) in [6.07, 6.45) is 2.33. The van der Waals surface area contributed by atoms with Crippen LogP contribution in [0.2, 0.25) is 0 Å². The quantitative estimate of drug-likeness (QED) is 0.906. The summed E-state index contributed by atoms with van der Waals surface area (Å²) < 4.78 is 5.17. The number of aliphatic hydroxyl groups is 1. The van der Waals surface area contributed by atoms with Crippen molar-refractivity contribution in [2.75, 3.05) is 7.11 Å². The zero-order valence-corrected chi connectivity index (χ0v) is 12.2. The Kier molecular flexibility index (Phi) is 4.40. The molecule has 0 aliphatic rings. The first-order valence-electron chi connectivity index (χ1n) is 6.84. The molecule has 1 aromatic heterocycles. The van der Waals surface area contributed by atoms with E-state index in [1.165, 1.54) is 0 Å². The number of hydrogen-bond acceptors (Lipinski definition) is 3. The van der Waals surface area contributed by atoms with E-state index in [2.05, 4.69) is 18.8 Å². The van der Waals surface area contributed by atoms with Crippen LogP contribution in [0.15, 0.2) is 48.7 Å². The van der Waals surface area contributed by atoms with Crippen LogP contribution in [0.3, 0.4) is 0 Å². The van der Waals surface area contributed by atoms with E-state index in [1.807, 2.05) is 42.5 Å². The lowest BCUT2D eigenvalue weighted by atomic mass is 9.82. The molecule has 0 aliphatic heterocycles. The molecule has 106 valence electrons. The number of aromatic nitrogens is 1. The summed E-state index contributed by atoms with van der Waals surface area (Å²) in [5.41, 5.74) is 0.450. The molecule has 3 nitrogen and oxygen atoms in total. The molecule has 1 aromatic carbocycles. The molecule has 0 radical (unpaired) electrons. The number of hydrogen-bond donors (Lipinski definition) is 1. The SMILES string of the molecule is COc1ccc([C@@](O)(CC(C)C)c2ccccn2)cc1. The number of rotatable bonds is 5. The van der Waals surface area contributed by atoms with Crippen LogP contribution in [-0.4, -0.2) is 17.2 Å². The lowest BCUT2D eigenvalue weighted by Crippen LogP contribution is -2.30. The van der Waals surface area contributed by atoms with Crippen molar-refractivity contribution in [3.63, 3.8) is 0 Å². The maximum Gasteiger partial charge on any atom is 0.132 e. The van der Waals surface area contributed by atoms with Gasteiger partial charge in [-0.05, 0) is 42.2 Å². The molecule has 1 N–H and O–H groups in total. The Balaban J connectivity index is 2.45. The molecule has 0 saturated carbocycles. The molecule has 0 unspecified atom stereocenters. The van der Waals surface area contributed by atoms with Gasteiger partial charge in [0.05, 0.1) is 12.8 Å². The average Bonchev–Trinajstić information content (AvgIpc) is 2.47. The predicted octanol–water partition coefficient (Wildman–Crippen LogP) is 3.37. The topological polar surface area (TPSA) is 42.4 Å². The first-order valence-corrected chi connectivity index (χ1v) is 6.84. The van der Waals surface area contributed by atoms with Gasteiger partial charge in [0.2, 0.25) is 0 Å². The molecular formula is C17H21NO2. The first kappa shape index (κ1) is 14.5. The Labute approximate surface area is 120 Å². The highest BCUT2D eigenvalue weighted by Crippen LogP contribution is 2.35. The average molecular weight is 271 g/mol. The zero-order chi connectivity index (χ0) is 14.6. The van der Waals surface area contributed by atoms with Crippen LogP contribution in [-0.2, 0) is 5.60 Å². The van der Waals surface area contributed by atoms with E-state index in [1.54, 1.807) is 13.3 Å². The van der Waals surface area contributed by atoms with Crippen molar-refractivity contribution in [2.45, 2.75) is 25.9 Å². The fourth-order valence-electron chi connectivity index (χ4n) is 2.44. The van der Waals surface area contributed by atoms with Crippen LogP contribution in [0.25, 0.3) is 0 Å². The van der Waals surface area contributed by atoms with E-state index in [9.17, 15) is 5.11 Å². The Morgan fingerprint density at radius 1 is 1.15 bits per heavy atom. The molecule has 2 rings (SSSR count). The molecule has 0 fully saturated rings. The molecule has 1 heterocycles. The van der Waals surface area contributed by atoms with Crippen molar-refractivity contribution < 1.29 is 9.84 Å². The summed E-state index contributed by atoms with van der Waals surface area (Å²) in [5, 5.41) is 11.2. The van der Waals surface area contributed by atoms with E-state index in [-0.39, 0.29) is 0 Å². The summed E-state index contributed by atoms with van der Waals surface area (Å²) in [4.78, 5) is 4.34. The van der Waals surface area contributed by atoms with Crippen molar-refractivity contribution in [1.82, 2.24) is 4.98 Å². The van der Waals surface area contributed by atoms with Crippen LogP contribution < -0.4 is 4.74 Å². The van der Waals surface area contributed by atoms with Crippen molar-refractivity contribution in [1.29, 1.82) is 0 Å². The van der Waals surface area contributed by atoms with Gasteiger partial charge in [-0.25, -0.2) is 0 Å². The maximum atomic E-state index is 11.2. The molecule has 0 aliphatic carbocycles. The Bertz CT molecular complexity index is 537. The number of methoxy groups -OCH3 is 1. The minimum Gasteiger partial charge on any atom is -0.497 e. The molecule has 0 saturated heterocycles. The molecular weight excluding hydrogens is 250 g/mol. The third-order valence-electron chi connectivity index (χ3n) is 3.36. The number of benzene rings is 1. The van der Waals surface area contributed by atoms with Crippen LogP contribution >= 0.6 is 0 Å². The smallest absolute Gasteiger partial charge is 0.132 e. The standard InChI is InChI=1S/C17H21NO2/c1-13(2)12-17(19,16-6-4-5-11-18-16)14-7-9-15(20-3)10-8-14/h4-11,13,19H,12H2,1-3H3/t17-/m0/s1. The maximum absolute atomic E-state index is 11.2. The predicted molar refractivity (Wildman–Crippen MR) is 79.7 cm³/mol. The minimum atomic E-state index is -1.07. The number of nitrogens with zero attached hydrogens (tertiary/aromatic N) is 1. The summed E-state index contributed by atoms with van der Waals surface area (Å²) in [6, 6.07) is 13.1. The van der Waals surface area contributed by atoms with Crippen LogP contribution in [0.5, 0.6) is 5.75 Å². The van der Waals surface area contributed by atoms with E-state index in [4.69, 9.17) is 4.74 Å². The Morgan fingerprint density at radius 2 is 1.85 bits per heavy atom. The van der Waals surface area contributed by atoms with Gasteiger partial charge < -0.3 is 9.84 Å². The lowest BCUT2D eigenvalue weighted by Gasteiger charge is -2.30. The van der Waals surface area contributed by atoms with Crippen molar-refractivity contribution >= 4 is 0 Å². The largest absolute Gasteiger partial charge is 0.497 e. The molecule has 2 aromatic rings. The highest BCUT2D eigenvalue weighted by Gasteiger charge is 2.33. The third-order valence-corrected chi connectivity index (χ3v) is 3.36. The lowest BCUT2D eigenvalue weighted by molar-refractivity contribution is 0.0530. The highest BCUT2D eigenvalue weighted by molar-refractivity contribution is 5.36. The van der Waals surface area contributed by atoms with Gasteiger partial charge in [-0.15, -0.1) is 0 Å². The number of ether oxygens (including phenoxy) is 1. The molecule has 1 atom stereocenters. The van der Waals surface area contributed by atoms with Gasteiger partial charge in [-0.3, -0.25) is 4.98 Å². The second-order valence-electron chi connectivity index (χ2n) is 5.40. The summed E-state index contributed by atoms with van der Waals surface area (Å²) in [7, 11) is 1.63. The first-order chi connectivity index (χ1) is 9.56. The second kappa shape index (κ2) is 6.06. The van der Waals surface area contributed by atoms with Gasteiger partial charge >= 0.3 is 0 Å². The van der Waals surface area contributed by atoms with E-state index in [0.29, 0.717) is 18.0 Å². The zero-order valence-electron chi connectivity index (χ0n) is 12.2. The Hall–Kier alpha value is -1.87. The van der Waals surface area contributed by atoms with Crippen molar-refractivity contribution in [3.8, 4) is 5.75 Å². The van der Waals surface area contributed by atoms with Crippen LogP contribution in [0, 0.1) is 5.92 Å². The summed E-state index contributed by atoms with van der Waals surface area (Å²) in [5.74, 6) is 1.13. The van der Waals surface area contributed by atoms with E-state index >= 15 is 0 Å². The van der Waals surface area contributed by atoms with Gasteiger partial charge in [0, 0.05) is 6.20 Å². The molecule has 20 heavy (non-hydrogen) atoms. The normalized spacial score (nSPS) is 14.1.